The minimum Gasteiger partial charge on any atom is -0.353 e. The molecule has 0 heterocycles. The lowest BCUT2D eigenvalue weighted by molar-refractivity contribution is 0.480. The van der Waals surface area contributed by atoms with Crippen molar-refractivity contribution in [2.75, 3.05) is 5.32 Å². The Morgan fingerprint density at radius 1 is 0.929 bits per heavy atom. The van der Waals surface area contributed by atoms with E-state index in [0.717, 1.165) is 6.07 Å². The number of nitrogens with one attached hydrogen (secondary N) is 1. The summed E-state index contributed by atoms with van der Waals surface area (Å²) < 4.78 is 65.5. The summed E-state index contributed by atoms with van der Waals surface area (Å²) in [5.41, 5.74) is 1.81. The van der Waals surface area contributed by atoms with Crippen LogP contribution in [0.4, 0.5) is 11.4 Å². The van der Waals surface area contributed by atoms with Crippen molar-refractivity contribution in [2.24, 2.45) is 4.99 Å². The molecule has 0 aromatic heterocycles. The summed E-state index contributed by atoms with van der Waals surface area (Å²) in [4.78, 5) is 2.78. The van der Waals surface area contributed by atoms with Crippen LogP contribution in [-0.2, 0) is 20.2 Å². The summed E-state index contributed by atoms with van der Waals surface area (Å²) >= 11 is 9.10. The lowest BCUT2D eigenvalue weighted by Crippen LogP contribution is -2.03. The number of anilines is 1. The third-order valence-electron chi connectivity index (χ3n) is 3.41. The molecule has 0 amide bonds. The third-order valence-corrected chi connectivity index (χ3v) is 5.44. The van der Waals surface area contributed by atoms with Gasteiger partial charge in [-0.15, -0.1) is 0 Å². The lowest BCUT2D eigenvalue weighted by Gasteiger charge is -2.07. The Hall–Kier alpha value is -2.31. The number of hydrogen-bond acceptors (Lipinski definition) is 7. The van der Waals surface area contributed by atoms with E-state index < -0.39 is 30.0 Å². The quantitative estimate of drug-likeness (QED) is 0.248. The van der Waals surface area contributed by atoms with E-state index >= 15 is 0 Å². The molecule has 146 valence electrons. The molecule has 3 N–H and O–H groups in total. The molecule has 0 atom stereocenters. The molecule has 0 aliphatic rings. The van der Waals surface area contributed by atoms with E-state index in [4.69, 9.17) is 0 Å². The second-order valence-electron chi connectivity index (χ2n) is 5.22. The predicted molar refractivity (Wildman–Crippen MR) is 113 cm³/mol. The van der Waals surface area contributed by atoms with Crippen LogP contribution < -0.4 is 5.32 Å². The highest BCUT2D eigenvalue weighted by atomic mass is 32.2. The third kappa shape index (κ3) is 5.59. The average molecular weight is 457 g/mol. The summed E-state index contributed by atoms with van der Waals surface area (Å²) in [6.45, 7) is 0. The zero-order valence-corrected chi connectivity index (χ0v) is 17.1. The van der Waals surface area contributed by atoms with Crippen molar-refractivity contribution in [1.82, 2.24) is 0 Å². The van der Waals surface area contributed by atoms with Gasteiger partial charge in [0.15, 0.2) is 0 Å². The van der Waals surface area contributed by atoms with Crippen LogP contribution in [0.5, 0.6) is 0 Å². The van der Waals surface area contributed by atoms with Gasteiger partial charge in [0.2, 0.25) is 0 Å². The van der Waals surface area contributed by atoms with Gasteiger partial charge in [-0.3, -0.25) is 9.11 Å². The highest BCUT2D eigenvalue weighted by Crippen LogP contribution is 2.26. The van der Waals surface area contributed by atoms with Crippen molar-refractivity contribution in [2.45, 2.75) is 9.79 Å². The first-order valence-corrected chi connectivity index (χ1v) is 11.0. The van der Waals surface area contributed by atoms with E-state index in [-0.39, 0.29) is 16.8 Å². The van der Waals surface area contributed by atoms with E-state index in [1.165, 1.54) is 48.0 Å². The van der Waals surface area contributed by atoms with Gasteiger partial charge in [-0.2, -0.15) is 21.8 Å². The SMILES string of the molecule is O=S(=O)(O)c1cc(N=C=S)ccc1/C=C/c1ccc(NC=S)cc1S(=O)(=O)O. The van der Waals surface area contributed by atoms with Crippen LogP contribution in [0.2, 0.25) is 0 Å². The summed E-state index contributed by atoms with van der Waals surface area (Å²) in [6, 6.07) is 7.93. The second-order valence-corrected chi connectivity index (χ2v) is 8.42. The van der Waals surface area contributed by atoms with E-state index in [9.17, 15) is 25.9 Å². The van der Waals surface area contributed by atoms with Crippen LogP contribution in [0.1, 0.15) is 11.1 Å². The molecule has 0 radical (unpaired) electrons. The van der Waals surface area contributed by atoms with Crippen LogP contribution in [-0.4, -0.2) is 36.6 Å². The molecule has 28 heavy (non-hydrogen) atoms. The van der Waals surface area contributed by atoms with Crippen molar-refractivity contribution in [3.63, 3.8) is 0 Å². The molecular weight excluding hydrogens is 444 g/mol. The van der Waals surface area contributed by atoms with Gasteiger partial charge in [0.05, 0.1) is 16.3 Å². The van der Waals surface area contributed by atoms with E-state index in [1.54, 1.807) is 0 Å². The topological polar surface area (TPSA) is 133 Å². The number of hydrogen-bond donors (Lipinski definition) is 3. The summed E-state index contributed by atoms with van der Waals surface area (Å²) in [7, 11) is -9.17. The van der Waals surface area contributed by atoms with Crippen molar-refractivity contribution in [3.05, 3.63) is 47.5 Å². The van der Waals surface area contributed by atoms with Gasteiger partial charge in [0, 0.05) is 5.69 Å². The Bertz CT molecular complexity index is 1210. The molecule has 0 spiro atoms. The highest BCUT2D eigenvalue weighted by Gasteiger charge is 2.17. The summed E-state index contributed by atoms with van der Waals surface area (Å²) in [5, 5.41) is 4.70. The fourth-order valence-corrected chi connectivity index (χ4v) is 3.89. The van der Waals surface area contributed by atoms with Gasteiger partial charge in [-0.05, 0) is 47.6 Å². The summed E-state index contributed by atoms with van der Waals surface area (Å²) in [6.07, 6.45) is 2.54. The first-order chi connectivity index (χ1) is 13.1. The zero-order valence-electron chi connectivity index (χ0n) is 13.8. The Morgan fingerprint density at radius 2 is 1.46 bits per heavy atom. The van der Waals surface area contributed by atoms with Crippen LogP contribution in [0.3, 0.4) is 0 Å². The summed E-state index contributed by atoms with van der Waals surface area (Å²) in [5.74, 6) is 0. The second kappa shape index (κ2) is 8.80. The Morgan fingerprint density at radius 3 is 1.96 bits per heavy atom. The smallest absolute Gasteiger partial charge is 0.295 e. The minimum absolute atomic E-state index is 0.0631. The number of aliphatic imine (C=N–C) groups is 1. The van der Waals surface area contributed by atoms with E-state index in [2.05, 4.69) is 39.9 Å². The highest BCUT2D eigenvalue weighted by molar-refractivity contribution is 7.86. The molecule has 0 aliphatic carbocycles. The van der Waals surface area contributed by atoms with Gasteiger partial charge in [0.25, 0.3) is 20.2 Å². The van der Waals surface area contributed by atoms with Crippen LogP contribution in [0, 0.1) is 0 Å². The average Bonchev–Trinajstić information content (AvgIpc) is 2.60. The largest absolute Gasteiger partial charge is 0.353 e. The Labute approximate surface area is 172 Å². The molecule has 2 rings (SSSR count). The number of rotatable bonds is 7. The van der Waals surface area contributed by atoms with E-state index in [1.807, 2.05) is 0 Å². The molecule has 2 aromatic rings. The van der Waals surface area contributed by atoms with Gasteiger partial charge < -0.3 is 5.32 Å². The van der Waals surface area contributed by atoms with Gasteiger partial charge in [0.1, 0.15) is 9.79 Å². The van der Waals surface area contributed by atoms with Gasteiger partial charge in [-0.25, -0.2) is 0 Å². The van der Waals surface area contributed by atoms with Crippen molar-refractivity contribution in [1.29, 1.82) is 0 Å². The van der Waals surface area contributed by atoms with Crippen molar-refractivity contribution in [3.8, 4) is 0 Å². The minimum atomic E-state index is -4.60. The Kier molecular flexibility index (Phi) is 6.91. The first kappa shape index (κ1) is 22.0. The number of benzene rings is 2. The molecule has 0 aliphatic heterocycles. The molecular formula is C16H12N2O6S4. The first-order valence-electron chi connectivity index (χ1n) is 7.25. The maximum atomic E-state index is 11.7. The van der Waals surface area contributed by atoms with Gasteiger partial charge in [-0.1, -0.05) is 36.5 Å². The molecule has 0 saturated heterocycles. The predicted octanol–water partition coefficient (Wildman–Crippen LogP) is 3.45. The monoisotopic (exact) mass is 456 g/mol. The van der Waals surface area contributed by atoms with Crippen LogP contribution >= 0.6 is 24.4 Å². The maximum absolute atomic E-state index is 11.7. The van der Waals surface area contributed by atoms with Crippen molar-refractivity contribution >= 4 is 78.9 Å². The molecule has 0 unspecified atom stereocenters. The lowest BCUT2D eigenvalue weighted by atomic mass is 10.1. The number of nitrogens with zero attached hydrogens (tertiary/aromatic N) is 1. The Balaban J connectivity index is 2.60. The fourth-order valence-electron chi connectivity index (χ4n) is 2.24. The maximum Gasteiger partial charge on any atom is 0.295 e. The molecule has 0 saturated carbocycles. The molecule has 0 bridgehead atoms. The van der Waals surface area contributed by atoms with E-state index in [0.29, 0.717) is 5.69 Å². The zero-order chi connectivity index (χ0) is 20.9. The molecule has 8 nitrogen and oxygen atoms in total. The molecule has 0 fully saturated rings. The standard InChI is InChI=1S/C16H12N2O6S4/c19-27(20,21)15-7-13(17-9-25)5-3-11(15)1-2-12-4-6-14(18-10-26)8-16(12)28(22,23)24/h1-9H,(H,17,25)(H,19,20,21)(H,22,23,24)/b2-1+. The molecule has 12 heteroatoms. The van der Waals surface area contributed by atoms with Gasteiger partial charge >= 0.3 is 0 Å². The fraction of sp³-hybridized carbons (Fsp3) is 0. The molecule has 2 aromatic carbocycles. The van der Waals surface area contributed by atoms with Crippen molar-refractivity contribution < 1.29 is 25.9 Å². The number of thiocarbonyl (C=S) groups is 2. The van der Waals surface area contributed by atoms with Crippen LogP contribution in [0.15, 0.2) is 51.2 Å². The van der Waals surface area contributed by atoms with Crippen LogP contribution in [0.25, 0.3) is 12.2 Å². The number of isothiocyanates is 1. The normalized spacial score (nSPS) is 11.8.